The molecule has 0 aromatic carbocycles. The van der Waals surface area contributed by atoms with E-state index in [1.165, 1.54) is 24.3 Å². The van der Waals surface area contributed by atoms with Crippen LogP contribution >= 0.6 is 0 Å². The second-order valence-corrected chi connectivity index (χ2v) is 4.87. The molecule has 0 aromatic heterocycles. The van der Waals surface area contributed by atoms with Crippen LogP contribution in [-0.4, -0.2) is 39.2 Å². The molecule has 9 heteroatoms. The van der Waals surface area contributed by atoms with Crippen molar-refractivity contribution in [3.05, 3.63) is 97.2 Å². The van der Waals surface area contributed by atoms with Crippen molar-refractivity contribution in [3.8, 4) is 0 Å². The first-order chi connectivity index (χ1) is 15.1. The first-order valence-corrected chi connectivity index (χ1v) is 9.16. The number of carboxylic acids is 4. The zero-order chi connectivity index (χ0) is 25.6. The summed E-state index contributed by atoms with van der Waals surface area (Å²) in [7, 11) is 0. The van der Waals surface area contributed by atoms with Gasteiger partial charge in [-0.1, -0.05) is 72.9 Å². The molecule has 0 radical (unpaired) electrons. The van der Waals surface area contributed by atoms with Gasteiger partial charge in [0.1, 0.15) is 0 Å². The van der Waals surface area contributed by atoms with Gasteiger partial charge in [-0.3, -0.25) is 0 Å². The fourth-order valence-corrected chi connectivity index (χ4v) is 0.992. The molecule has 33 heavy (non-hydrogen) atoms. The van der Waals surface area contributed by atoms with Gasteiger partial charge in [-0.15, -0.1) is 0 Å². The number of hydrogen-bond acceptors (Lipinski definition) is 5. The molecule has 0 aromatic rings. The van der Waals surface area contributed by atoms with Gasteiger partial charge in [-0.2, -0.15) is 0 Å². The fourth-order valence-electron chi connectivity index (χ4n) is 0.992. The first-order valence-electron chi connectivity index (χ1n) is 9.16. The molecular weight excluding hydrogens is 648 g/mol. The van der Waals surface area contributed by atoms with Crippen molar-refractivity contribution < 1.29 is 79.5 Å². The third-order valence-electron chi connectivity index (χ3n) is 2.16. The number of aliphatic carboxylic acids is 4. The molecule has 0 spiro atoms. The number of rotatable bonds is 8. The SMILES string of the molecule is C/C=C/C=C/C(=O)O.C/C=C/C=C/C(=O)O.C/C=C/C=C/C(=O)O.C/C=C/C=C/C(=O)[O-].[Th]. The topological polar surface area (TPSA) is 152 Å². The van der Waals surface area contributed by atoms with Crippen molar-refractivity contribution in [2.45, 2.75) is 27.7 Å². The summed E-state index contributed by atoms with van der Waals surface area (Å²) in [5.74, 6) is -3.91. The van der Waals surface area contributed by atoms with Crippen molar-refractivity contribution in [1.29, 1.82) is 0 Å². The predicted molar refractivity (Wildman–Crippen MR) is 124 cm³/mol. The van der Waals surface area contributed by atoms with Crippen LogP contribution in [0.4, 0.5) is 0 Å². The maximum absolute atomic E-state index is 9.75. The summed E-state index contributed by atoms with van der Waals surface area (Å²) in [6.45, 7) is 7.28. The molecule has 0 amide bonds. The third-order valence-corrected chi connectivity index (χ3v) is 2.16. The molecule has 0 bridgehead atoms. The Labute approximate surface area is 227 Å². The van der Waals surface area contributed by atoms with E-state index in [4.69, 9.17) is 15.3 Å². The van der Waals surface area contributed by atoms with Crippen LogP contribution in [0, 0.1) is 39.9 Å². The second kappa shape index (κ2) is 36.5. The Kier molecular flexibility index (Phi) is 44.8. The molecule has 0 saturated heterocycles. The van der Waals surface area contributed by atoms with E-state index in [-0.39, 0.29) is 39.9 Å². The van der Waals surface area contributed by atoms with Gasteiger partial charge in [0.2, 0.25) is 0 Å². The molecule has 0 aliphatic rings. The Morgan fingerprint density at radius 3 is 0.848 bits per heavy atom. The number of allylic oxidation sites excluding steroid dienone is 12. The third kappa shape index (κ3) is 73.1. The van der Waals surface area contributed by atoms with Crippen LogP contribution < -0.4 is 5.11 Å². The Bertz CT molecular complexity index is 624. The summed E-state index contributed by atoms with van der Waals surface area (Å²) in [5, 5.41) is 33.7. The maximum Gasteiger partial charge on any atom is 0.328 e. The minimum Gasteiger partial charge on any atom is -0.545 e. The minimum absolute atomic E-state index is 0. The minimum atomic E-state index is -1.16. The average Bonchev–Trinajstić information content (AvgIpc) is 2.69. The summed E-state index contributed by atoms with van der Waals surface area (Å²) >= 11 is 0. The molecule has 0 saturated carbocycles. The van der Waals surface area contributed by atoms with E-state index in [0.29, 0.717) is 0 Å². The quantitative estimate of drug-likeness (QED) is 0.261. The monoisotopic (exact) mass is 679 g/mol. The van der Waals surface area contributed by atoms with Gasteiger partial charge >= 0.3 is 17.9 Å². The smallest absolute Gasteiger partial charge is 0.328 e. The van der Waals surface area contributed by atoms with Crippen molar-refractivity contribution >= 4 is 23.9 Å². The van der Waals surface area contributed by atoms with Gasteiger partial charge in [0, 0.05) is 58.2 Å². The number of hydrogen-bond donors (Lipinski definition) is 3. The van der Waals surface area contributed by atoms with Gasteiger partial charge in [0.05, 0.1) is 5.97 Å². The molecular formula is C24H31O8Th-. The normalized spacial score (nSPS) is 10.8. The predicted octanol–water partition coefficient (Wildman–Crippen LogP) is 3.48. The van der Waals surface area contributed by atoms with Crippen LogP contribution in [0.3, 0.4) is 0 Å². The van der Waals surface area contributed by atoms with Gasteiger partial charge in [-0.25, -0.2) is 14.4 Å². The Morgan fingerprint density at radius 1 is 0.485 bits per heavy atom. The summed E-state index contributed by atoms with van der Waals surface area (Å²) in [4.78, 5) is 38.9. The van der Waals surface area contributed by atoms with Crippen molar-refractivity contribution in [2.75, 3.05) is 0 Å². The van der Waals surface area contributed by atoms with E-state index >= 15 is 0 Å². The molecule has 0 rings (SSSR count). The molecule has 0 atom stereocenters. The van der Waals surface area contributed by atoms with Crippen LogP contribution in [0.1, 0.15) is 27.7 Å². The number of carbonyl (C=O) groups excluding carboxylic acids is 1. The van der Waals surface area contributed by atoms with E-state index in [0.717, 1.165) is 24.3 Å². The van der Waals surface area contributed by atoms with Crippen LogP contribution in [-0.2, 0) is 19.2 Å². The molecule has 0 fully saturated rings. The van der Waals surface area contributed by atoms with Gasteiger partial charge in [-0.05, 0) is 33.8 Å². The average molecular weight is 680 g/mol. The molecule has 180 valence electrons. The second-order valence-electron chi connectivity index (χ2n) is 4.87. The molecule has 3 N–H and O–H groups in total. The van der Waals surface area contributed by atoms with Gasteiger partial charge in [0.15, 0.2) is 0 Å². The number of carboxylic acid groups (broad SMARTS) is 4. The van der Waals surface area contributed by atoms with Crippen molar-refractivity contribution in [1.82, 2.24) is 0 Å². The van der Waals surface area contributed by atoms with Gasteiger partial charge < -0.3 is 25.2 Å². The standard InChI is InChI=1S/4C6H8O2.Th/c4*1-2-3-4-5-6(7)8;/h4*2-5H,1H3,(H,7,8);/p-1/b4*3-2+,5-4+;. The van der Waals surface area contributed by atoms with E-state index in [1.54, 1.807) is 55.5 Å². The Hall–Kier alpha value is -2.88. The van der Waals surface area contributed by atoms with E-state index < -0.39 is 23.9 Å². The van der Waals surface area contributed by atoms with E-state index in [2.05, 4.69) is 0 Å². The van der Waals surface area contributed by atoms with Crippen molar-refractivity contribution in [2.24, 2.45) is 0 Å². The summed E-state index contributed by atoms with van der Waals surface area (Å²) in [6.07, 6.45) is 23.7. The van der Waals surface area contributed by atoms with Crippen LogP contribution in [0.2, 0.25) is 0 Å². The summed E-state index contributed by atoms with van der Waals surface area (Å²) in [5.41, 5.74) is 0. The fraction of sp³-hybridized carbons (Fsp3) is 0.167. The molecule has 0 heterocycles. The van der Waals surface area contributed by atoms with Crippen molar-refractivity contribution in [3.63, 3.8) is 0 Å². The van der Waals surface area contributed by atoms with E-state index in [9.17, 15) is 24.3 Å². The molecule has 0 aliphatic heterocycles. The van der Waals surface area contributed by atoms with Crippen LogP contribution in [0.15, 0.2) is 97.2 Å². The molecule has 0 aliphatic carbocycles. The van der Waals surface area contributed by atoms with E-state index in [1.807, 2.05) is 20.8 Å². The molecule has 8 nitrogen and oxygen atoms in total. The van der Waals surface area contributed by atoms with Crippen LogP contribution in [0.5, 0.6) is 0 Å². The summed E-state index contributed by atoms with van der Waals surface area (Å²) in [6, 6.07) is 0. The Morgan fingerprint density at radius 2 is 0.697 bits per heavy atom. The molecule has 0 unspecified atom stereocenters. The zero-order valence-electron chi connectivity index (χ0n) is 19.1. The summed E-state index contributed by atoms with van der Waals surface area (Å²) < 4.78 is 0. The van der Waals surface area contributed by atoms with Crippen LogP contribution in [0.25, 0.3) is 0 Å². The largest absolute Gasteiger partial charge is 0.545 e. The number of carbonyl (C=O) groups is 4. The Balaban J connectivity index is -0.000000105. The maximum atomic E-state index is 9.75. The van der Waals surface area contributed by atoms with Gasteiger partial charge in [0.25, 0.3) is 0 Å². The zero-order valence-corrected chi connectivity index (χ0v) is 23.2. The first kappa shape index (κ1) is 40.5.